The Bertz CT molecular complexity index is 662. The molecule has 0 radical (unpaired) electrons. The molecule has 0 heterocycles. The van der Waals surface area contributed by atoms with E-state index in [9.17, 15) is 4.79 Å². The van der Waals surface area contributed by atoms with Crippen molar-refractivity contribution in [2.75, 3.05) is 31.3 Å². The number of carbonyl (C=O) groups excluding carboxylic acids is 1. The first-order valence-electron chi connectivity index (χ1n) is 6.79. The number of nitrogens with one attached hydrogen (secondary N) is 2. The number of methoxy groups -OCH3 is 1. The number of halogens is 1. The van der Waals surface area contributed by atoms with Crippen LogP contribution in [0, 0.1) is 0 Å². The number of benzene rings is 2. The van der Waals surface area contributed by atoms with Gasteiger partial charge >= 0.3 is 0 Å². The van der Waals surface area contributed by atoms with Crippen molar-refractivity contribution in [1.82, 2.24) is 5.32 Å². The number of carbonyl (C=O) groups is 1. The summed E-state index contributed by atoms with van der Waals surface area (Å²) in [5.41, 5.74) is 8.23. The van der Waals surface area contributed by atoms with Gasteiger partial charge in [0.25, 0.3) is 5.91 Å². The van der Waals surface area contributed by atoms with Crippen molar-refractivity contribution in [3.05, 3.63) is 53.1 Å². The highest BCUT2D eigenvalue weighted by Crippen LogP contribution is 2.24. The van der Waals surface area contributed by atoms with Crippen LogP contribution in [0.3, 0.4) is 0 Å². The van der Waals surface area contributed by atoms with Crippen LogP contribution >= 0.6 is 11.6 Å². The lowest BCUT2D eigenvalue weighted by Gasteiger charge is -2.13. The summed E-state index contributed by atoms with van der Waals surface area (Å²) in [6.45, 7) is 0.881. The van der Waals surface area contributed by atoms with Crippen LogP contribution in [0.25, 0.3) is 0 Å². The summed E-state index contributed by atoms with van der Waals surface area (Å²) in [6, 6.07) is 12.4. The van der Waals surface area contributed by atoms with Crippen LogP contribution in [0.1, 0.15) is 10.4 Å². The van der Waals surface area contributed by atoms with Gasteiger partial charge in [-0.05, 0) is 36.4 Å². The van der Waals surface area contributed by atoms with Gasteiger partial charge in [0.15, 0.2) is 0 Å². The number of hydrogen-bond donors (Lipinski definition) is 3. The molecule has 4 N–H and O–H groups in total. The number of nitrogen functional groups attached to an aromatic ring is 1. The molecule has 0 spiro atoms. The van der Waals surface area contributed by atoms with E-state index in [1.165, 1.54) is 0 Å². The summed E-state index contributed by atoms with van der Waals surface area (Å²) in [6.07, 6.45) is 0. The van der Waals surface area contributed by atoms with E-state index in [1.807, 2.05) is 12.1 Å². The predicted octanol–water partition coefficient (Wildman–Crippen LogP) is 3.04. The van der Waals surface area contributed by atoms with Crippen molar-refractivity contribution in [2.45, 2.75) is 0 Å². The lowest BCUT2D eigenvalue weighted by Crippen LogP contribution is -2.27. The molecule has 1 amide bonds. The minimum Gasteiger partial charge on any atom is -0.399 e. The van der Waals surface area contributed by atoms with Gasteiger partial charge in [-0.3, -0.25) is 4.79 Å². The molecule has 0 aliphatic heterocycles. The van der Waals surface area contributed by atoms with Crippen LogP contribution in [0.5, 0.6) is 0 Å². The Kier molecular flexibility index (Phi) is 5.63. The molecule has 0 fully saturated rings. The first-order valence-corrected chi connectivity index (χ1v) is 7.17. The topological polar surface area (TPSA) is 76.4 Å². The van der Waals surface area contributed by atoms with Gasteiger partial charge in [0.05, 0.1) is 17.9 Å². The van der Waals surface area contributed by atoms with E-state index in [4.69, 9.17) is 22.1 Å². The summed E-state index contributed by atoms with van der Waals surface area (Å²) in [5, 5.41) is 6.58. The van der Waals surface area contributed by atoms with E-state index in [0.29, 0.717) is 35.1 Å². The molecule has 22 heavy (non-hydrogen) atoms. The highest BCUT2D eigenvalue weighted by Gasteiger charge is 2.12. The van der Waals surface area contributed by atoms with Gasteiger partial charge in [0.1, 0.15) is 0 Å². The highest BCUT2D eigenvalue weighted by molar-refractivity contribution is 6.30. The molecule has 0 atom stereocenters. The fourth-order valence-electron chi connectivity index (χ4n) is 1.94. The minimum absolute atomic E-state index is 0.214. The maximum absolute atomic E-state index is 12.3. The third-order valence-corrected chi connectivity index (χ3v) is 3.22. The monoisotopic (exact) mass is 319 g/mol. The van der Waals surface area contributed by atoms with E-state index in [2.05, 4.69) is 10.6 Å². The van der Waals surface area contributed by atoms with Crippen molar-refractivity contribution in [1.29, 1.82) is 0 Å². The Morgan fingerprint density at radius 1 is 1.27 bits per heavy atom. The van der Waals surface area contributed by atoms with Crippen LogP contribution in [-0.2, 0) is 4.74 Å². The van der Waals surface area contributed by atoms with Crippen LogP contribution in [0.4, 0.5) is 17.1 Å². The van der Waals surface area contributed by atoms with Gasteiger partial charge in [-0.25, -0.2) is 0 Å². The molecule has 0 saturated heterocycles. The molecule has 116 valence electrons. The summed E-state index contributed by atoms with van der Waals surface area (Å²) >= 11 is 5.97. The Morgan fingerprint density at radius 3 is 2.82 bits per heavy atom. The average molecular weight is 320 g/mol. The lowest BCUT2D eigenvalue weighted by atomic mass is 10.1. The number of amides is 1. The minimum atomic E-state index is -0.214. The normalized spacial score (nSPS) is 10.3. The zero-order chi connectivity index (χ0) is 15.9. The van der Waals surface area contributed by atoms with E-state index >= 15 is 0 Å². The van der Waals surface area contributed by atoms with Gasteiger partial charge in [-0.1, -0.05) is 17.7 Å². The van der Waals surface area contributed by atoms with E-state index in [-0.39, 0.29) is 5.91 Å². The molecule has 0 unspecified atom stereocenters. The second-order valence-electron chi connectivity index (χ2n) is 4.69. The molecule has 0 saturated carbocycles. The zero-order valence-electron chi connectivity index (χ0n) is 12.2. The van der Waals surface area contributed by atoms with Gasteiger partial charge in [0, 0.05) is 30.1 Å². The molecule has 0 aliphatic carbocycles. The molecule has 2 aromatic carbocycles. The third-order valence-electron chi connectivity index (χ3n) is 2.98. The number of hydrogen-bond acceptors (Lipinski definition) is 4. The van der Waals surface area contributed by atoms with Crippen molar-refractivity contribution in [3.8, 4) is 0 Å². The maximum atomic E-state index is 12.3. The fourth-order valence-corrected chi connectivity index (χ4v) is 2.13. The van der Waals surface area contributed by atoms with Crippen molar-refractivity contribution in [3.63, 3.8) is 0 Å². The van der Waals surface area contributed by atoms with Crippen molar-refractivity contribution < 1.29 is 9.53 Å². The Labute approximate surface area is 134 Å². The molecule has 0 aromatic heterocycles. The van der Waals surface area contributed by atoms with Gasteiger partial charge in [0.2, 0.25) is 0 Å². The maximum Gasteiger partial charge on any atom is 0.253 e. The molecule has 2 aromatic rings. The Morgan fingerprint density at radius 2 is 2.09 bits per heavy atom. The van der Waals surface area contributed by atoms with Gasteiger partial charge < -0.3 is 21.1 Å². The largest absolute Gasteiger partial charge is 0.399 e. The highest BCUT2D eigenvalue weighted by atomic mass is 35.5. The number of rotatable bonds is 6. The summed E-state index contributed by atoms with van der Waals surface area (Å²) in [7, 11) is 1.58. The number of ether oxygens (including phenoxy) is 1. The SMILES string of the molecule is COCCNC(=O)c1cc(N)ccc1Nc1cccc(Cl)c1. The Balaban J connectivity index is 2.22. The second-order valence-corrected chi connectivity index (χ2v) is 5.13. The summed E-state index contributed by atoms with van der Waals surface area (Å²) < 4.78 is 4.92. The zero-order valence-corrected chi connectivity index (χ0v) is 13.0. The molecule has 0 aliphatic rings. The van der Waals surface area contributed by atoms with Crippen LogP contribution < -0.4 is 16.4 Å². The standard InChI is InChI=1S/C16H18ClN3O2/c1-22-8-7-19-16(21)14-10-12(18)5-6-15(14)20-13-4-2-3-11(17)9-13/h2-6,9-10,20H,7-8,18H2,1H3,(H,19,21). The smallest absolute Gasteiger partial charge is 0.253 e. The summed E-state index contributed by atoms with van der Waals surface area (Å²) in [4.78, 5) is 12.3. The Hall–Kier alpha value is -2.24. The first kappa shape index (κ1) is 16.1. The van der Waals surface area contributed by atoms with E-state index < -0.39 is 0 Å². The third kappa shape index (κ3) is 4.38. The molecule has 2 rings (SSSR count). The second kappa shape index (κ2) is 7.68. The van der Waals surface area contributed by atoms with Crippen LogP contribution in [0.15, 0.2) is 42.5 Å². The molecule has 6 heteroatoms. The van der Waals surface area contributed by atoms with Crippen LogP contribution in [0.2, 0.25) is 5.02 Å². The lowest BCUT2D eigenvalue weighted by molar-refractivity contribution is 0.0938. The van der Waals surface area contributed by atoms with Gasteiger partial charge in [-0.2, -0.15) is 0 Å². The fraction of sp³-hybridized carbons (Fsp3) is 0.188. The van der Waals surface area contributed by atoms with E-state index in [1.54, 1.807) is 37.4 Å². The van der Waals surface area contributed by atoms with Crippen molar-refractivity contribution in [2.24, 2.45) is 0 Å². The first-order chi connectivity index (χ1) is 10.6. The van der Waals surface area contributed by atoms with Crippen molar-refractivity contribution >= 4 is 34.6 Å². The number of anilines is 3. The average Bonchev–Trinajstić information content (AvgIpc) is 2.49. The number of nitrogens with two attached hydrogens (primary N) is 1. The van der Waals surface area contributed by atoms with Crippen LogP contribution in [-0.4, -0.2) is 26.2 Å². The molecule has 0 bridgehead atoms. The molecule has 5 nitrogen and oxygen atoms in total. The van der Waals surface area contributed by atoms with E-state index in [0.717, 1.165) is 5.69 Å². The summed E-state index contributed by atoms with van der Waals surface area (Å²) in [5.74, 6) is -0.214. The quantitative estimate of drug-likeness (QED) is 0.565. The predicted molar refractivity (Wildman–Crippen MR) is 89.8 cm³/mol. The molecular weight excluding hydrogens is 302 g/mol. The van der Waals surface area contributed by atoms with Gasteiger partial charge in [-0.15, -0.1) is 0 Å². The molecular formula is C16H18ClN3O2.